The molecule has 0 saturated carbocycles. The molecule has 2 aromatic carbocycles. The van der Waals surface area contributed by atoms with E-state index in [9.17, 15) is 13.2 Å². The molecule has 0 aliphatic heterocycles. The third-order valence-electron chi connectivity index (χ3n) is 3.08. The fraction of sp³-hybridized carbons (Fsp3) is 0.0625. The molecule has 0 N–H and O–H groups in total. The van der Waals surface area contributed by atoms with Gasteiger partial charge in [-0.2, -0.15) is 0 Å². The molecule has 0 radical (unpaired) electrons. The Kier molecular flexibility index (Phi) is 3.70. The van der Waals surface area contributed by atoms with Crippen molar-refractivity contribution < 1.29 is 13.2 Å². The summed E-state index contributed by atoms with van der Waals surface area (Å²) in [6.07, 6.45) is -4.29. The van der Waals surface area contributed by atoms with Gasteiger partial charge in [-0.15, -0.1) is 0 Å². The zero-order chi connectivity index (χ0) is 14.9. The number of alkyl halides is 3. The van der Waals surface area contributed by atoms with Crippen molar-refractivity contribution in [2.45, 2.75) is 6.18 Å². The first-order valence-corrected chi connectivity index (χ1v) is 7.86. The summed E-state index contributed by atoms with van der Waals surface area (Å²) in [7, 11) is 0. The Hall–Kier alpha value is -1.84. The van der Waals surface area contributed by atoms with Crippen LogP contribution < -0.4 is 0 Å². The Balaban J connectivity index is 1.90. The van der Waals surface area contributed by atoms with Gasteiger partial charge in [0.25, 0.3) is 0 Å². The fourth-order valence-electron chi connectivity index (χ4n) is 1.98. The monoisotopic (exact) mass is 353 g/mol. The summed E-state index contributed by atoms with van der Waals surface area (Å²) >= 11 is -0.0923. The predicted octanol–water partition coefficient (Wildman–Crippen LogP) is 4.49. The first-order chi connectivity index (χ1) is 10.0. The van der Waals surface area contributed by atoms with Crippen LogP contribution in [0.1, 0.15) is 5.56 Å². The molecule has 3 aromatic rings. The maximum absolute atomic E-state index is 12.5. The summed E-state index contributed by atoms with van der Waals surface area (Å²) in [6, 6.07) is 17.0. The summed E-state index contributed by atoms with van der Waals surface area (Å²) in [6.45, 7) is 0. The second kappa shape index (κ2) is 5.51. The Morgan fingerprint density at radius 2 is 1.48 bits per heavy atom. The second-order valence-electron chi connectivity index (χ2n) is 4.52. The normalized spacial score (nSPS) is 11.6. The molecule has 0 fully saturated rings. The van der Waals surface area contributed by atoms with Crippen molar-refractivity contribution in [1.82, 2.24) is 3.98 Å². The molecular formula is C16H10F3NSe. The van der Waals surface area contributed by atoms with Crippen LogP contribution in [0.4, 0.5) is 13.2 Å². The van der Waals surface area contributed by atoms with Gasteiger partial charge in [-0.1, -0.05) is 0 Å². The first-order valence-electron chi connectivity index (χ1n) is 6.24. The zero-order valence-electron chi connectivity index (χ0n) is 10.8. The van der Waals surface area contributed by atoms with E-state index in [2.05, 4.69) is 3.98 Å². The van der Waals surface area contributed by atoms with Gasteiger partial charge in [0.2, 0.25) is 0 Å². The number of rotatable bonds is 2. The standard InChI is InChI=1S/C16H10F3NSe/c17-16(18,19)13-8-6-12(7-9-13)15-10-14(20-21-15)11-4-2-1-3-5-11/h1-10H. The van der Waals surface area contributed by atoms with Crippen molar-refractivity contribution in [1.29, 1.82) is 0 Å². The predicted molar refractivity (Wildman–Crippen MR) is 77.1 cm³/mol. The van der Waals surface area contributed by atoms with E-state index in [-0.39, 0.29) is 14.7 Å². The number of halogens is 3. The molecule has 0 aliphatic rings. The van der Waals surface area contributed by atoms with Crippen LogP contribution >= 0.6 is 0 Å². The van der Waals surface area contributed by atoms with Crippen molar-refractivity contribution in [2.75, 3.05) is 0 Å². The van der Waals surface area contributed by atoms with Gasteiger partial charge in [0, 0.05) is 0 Å². The number of benzene rings is 2. The first kappa shape index (κ1) is 14.1. The summed E-state index contributed by atoms with van der Waals surface area (Å²) in [5.74, 6) is 0. The molecule has 5 heteroatoms. The van der Waals surface area contributed by atoms with Crippen molar-refractivity contribution >= 4 is 14.7 Å². The zero-order valence-corrected chi connectivity index (χ0v) is 12.5. The molecule has 0 atom stereocenters. The molecule has 1 heterocycles. The Bertz CT molecular complexity index is 730. The van der Waals surface area contributed by atoms with E-state index in [1.54, 1.807) is 0 Å². The molecule has 21 heavy (non-hydrogen) atoms. The van der Waals surface area contributed by atoms with Gasteiger partial charge < -0.3 is 0 Å². The molecule has 0 saturated heterocycles. The summed E-state index contributed by atoms with van der Waals surface area (Å²) in [5, 5.41) is 0. The maximum atomic E-state index is 12.5. The molecule has 106 valence electrons. The minimum atomic E-state index is -4.29. The minimum absolute atomic E-state index is 0.0923. The molecular weight excluding hydrogens is 342 g/mol. The number of nitrogens with zero attached hydrogens (tertiary/aromatic N) is 1. The number of hydrogen-bond donors (Lipinski definition) is 0. The molecule has 1 nitrogen and oxygen atoms in total. The third-order valence-corrected chi connectivity index (χ3v) is 4.84. The third kappa shape index (κ3) is 3.09. The molecule has 0 bridgehead atoms. The van der Waals surface area contributed by atoms with E-state index >= 15 is 0 Å². The van der Waals surface area contributed by atoms with Crippen molar-refractivity contribution in [3.05, 3.63) is 66.2 Å². The van der Waals surface area contributed by atoms with Crippen LogP contribution in [0.15, 0.2) is 60.7 Å². The van der Waals surface area contributed by atoms with Crippen LogP contribution in [0.5, 0.6) is 0 Å². The van der Waals surface area contributed by atoms with E-state index in [1.807, 2.05) is 36.4 Å². The number of aromatic nitrogens is 1. The van der Waals surface area contributed by atoms with Gasteiger partial charge in [0.15, 0.2) is 0 Å². The van der Waals surface area contributed by atoms with Crippen molar-refractivity contribution in [2.24, 2.45) is 0 Å². The average molecular weight is 352 g/mol. The second-order valence-corrected chi connectivity index (χ2v) is 6.21. The molecule has 1 aromatic heterocycles. The van der Waals surface area contributed by atoms with Gasteiger partial charge in [-0.3, -0.25) is 0 Å². The summed E-state index contributed by atoms with van der Waals surface area (Å²) in [5.41, 5.74) is 2.10. The van der Waals surface area contributed by atoms with Crippen LogP contribution in [-0.2, 0) is 6.18 Å². The Morgan fingerprint density at radius 1 is 0.810 bits per heavy atom. The van der Waals surface area contributed by atoms with Gasteiger partial charge >= 0.3 is 126 Å². The Morgan fingerprint density at radius 3 is 2.10 bits per heavy atom. The van der Waals surface area contributed by atoms with Crippen LogP contribution in [0.25, 0.3) is 21.3 Å². The average Bonchev–Trinajstić information content (AvgIpc) is 2.97. The number of hydrogen-bond acceptors (Lipinski definition) is 1. The van der Waals surface area contributed by atoms with E-state index in [0.717, 1.165) is 33.4 Å². The van der Waals surface area contributed by atoms with Crippen LogP contribution in [0.2, 0.25) is 0 Å². The summed E-state index contributed by atoms with van der Waals surface area (Å²) in [4.78, 5) is 0. The van der Waals surface area contributed by atoms with E-state index in [1.165, 1.54) is 12.1 Å². The van der Waals surface area contributed by atoms with Gasteiger partial charge in [-0.05, 0) is 0 Å². The Labute approximate surface area is 126 Å². The molecule has 0 unspecified atom stereocenters. The fourth-order valence-corrected chi connectivity index (χ4v) is 3.58. The van der Waals surface area contributed by atoms with E-state index in [4.69, 9.17) is 0 Å². The van der Waals surface area contributed by atoms with Crippen molar-refractivity contribution in [3.8, 4) is 21.3 Å². The SMILES string of the molecule is FC(F)(F)c1ccc(-c2cc(-c3ccccc3)n[se]2)cc1. The van der Waals surface area contributed by atoms with E-state index < -0.39 is 11.7 Å². The van der Waals surface area contributed by atoms with Crippen LogP contribution in [-0.4, -0.2) is 18.7 Å². The topological polar surface area (TPSA) is 12.9 Å². The van der Waals surface area contributed by atoms with E-state index in [0.29, 0.717) is 0 Å². The van der Waals surface area contributed by atoms with Gasteiger partial charge in [0.05, 0.1) is 0 Å². The summed E-state index contributed by atoms with van der Waals surface area (Å²) < 4.78 is 43.1. The van der Waals surface area contributed by atoms with Gasteiger partial charge in [-0.25, -0.2) is 0 Å². The molecule has 0 aliphatic carbocycles. The van der Waals surface area contributed by atoms with Crippen LogP contribution in [0, 0.1) is 0 Å². The molecule has 0 amide bonds. The molecule has 3 rings (SSSR count). The quantitative estimate of drug-likeness (QED) is 0.620. The van der Waals surface area contributed by atoms with Crippen molar-refractivity contribution in [3.63, 3.8) is 0 Å². The van der Waals surface area contributed by atoms with Crippen LogP contribution in [0.3, 0.4) is 0 Å². The molecule has 0 spiro atoms. The van der Waals surface area contributed by atoms with Gasteiger partial charge in [0.1, 0.15) is 0 Å².